The highest BCUT2D eigenvalue weighted by molar-refractivity contribution is 5.65. The molecule has 0 aromatic carbocycles. The van der Waals surface area contributed by atoms with Gasteiger partial charge < -0.3 is 15.3 Å². The smallest absolute Gasteiger partial charge is 0.230 e. The van der Waals surface area contributed by atoms with E-state index in [-0.39, 0.29) is 6.04 Å². The fourth-order valence-corrected chi connectivity index (χ4v) is 5.54. The number of nitrogens with one attached hydrogen (secondary N) is 1. The lowest BCUT2D eigenvalue weighted by atomic mass is 9.84. The highest BCUT2D eigenvalue weighted by atomic mass is 16.3. The van der Waals surface area contributed by atoms with Crippen LogP contribution >= 0.6 is 0 Å². The summed E-state index contributed by atoms with van der Waals surface area (Å²) in [6, 6.07) is 2.27. The van der Waals surface area contributed by atoms with Crippen LogP contribution in [0, 0.1) is 6.92 Å². The minimum absolute atomic E-state index is 0.252. The largest absolute Gasteiger partial charge is 0.390 e. The van der Waals surface area contributed by atoms with Crippen LogP contribution in [0.2, 0.25) is 0 Å². The lowest BCUT2D eigenvalue weighted by molar-refractivity contribution is 0.0195. The average molecular weight is 463 g/mol. The summed E-state index contributed by atoms with van der Waals surface area (Å²) < 4.78 is 1.82. The summed E-state index contributed by atoms with van der Waals surface area (Å²) in [6.07, 6.45) is 10.1. The summed E-state index contributed by atoms with van der Waals surface area (Å²) in [5, 5.41) is 18.9. The predicted octanol–water partition coefficient (Wildman–Crippen LogP) is 3.47. The molecule has 0 spiro atoms. The van der Waals surface area contributed by atoms with Gasteiger partial charge in [0.1, 0.15) is 11.4 Å². The van der Waals surface area contributed by atoms with Gasteiger partial charge in [-0.3, -0.25) is 4.98 Å². The quantitative estimate of drug-likeness (QED) is 0.607. The van der Waals surface area contributed by atoms with Gasteiger partial charge in [-0.2, -0.15) is 19.6 Å². The maximum Gasteiger partial charge on any atom is 0.230 e. The molecule has 9 heteroatoms. The Bertz CT molecular complexity index is 1200. The topological polar surface area (TPSA) is 104 Å². The van der Waals surface area contributed by atoms with Crippen LogP contribution in [-0.4, -0.2) is 59.4 Å². The molecule has 4 heterocycles. The van der Waals surface area contributed by atoms with Crippen molar-refractivity contribution in [1.82, 2.24) is 29.5 Å². The normalized spacial score (nSPS) is 25.0. The molecule has 1 saturated heterocycles. The fourth-order valence-electron chi connectivity index (χ4n) is 5.54. The molecule has 6 rings (SSSR count). The highest BCUT2D eigenvalue weighted by Crippen LogP contribution is 2.31. The first-order valence-corrected chi connectivity index (χ1v) is 12.8. The first-order chi connectivity index (χ1) is 16.4. The zero-order valence-electron chi connectivity index (χ0n) is 20.2. The molecular formula is C25H34N8O. The Kier molecular flexibility index (Phi) is 5.39. The maximum atomic E-state index is 10.4. The van der Waals surface area contributed by atoms with Crippen LogP contribution in [0.15, 0.2) is 6.07 Å². The number of hydrogen-bond acceptors (Lipinski definition) is 8. The first kappa shape index (κ1) is 21.7. The number of anilines is 2. The molecule has 0 amide bonds. The van der Waals surface area contributed by atoms with E-state index in [9.17, 15) is 5.11 Å². The summed E-state index contributed by atoms with van der Waals surface area (Å²) in [5.74, 6) is 1.48. The van der Waals surface area contributed by atoms with E-state index in [0.717, 1.165) is 91.7 Å². The third-order valence-electron chi connectivity index (χ3n) is 7.64. The molecule has 2 fully saturated rings. The monoisotopic (exact) mass is 462 g/mol. The Labute approximate surface area is 200 Å². The van der Waals surface area contributed by atoms with Crippen LogP contribution < -0.4 is 10.2 Å². The molecule has 0 atom stereocenters. The van der Waals surface area contributed by atoms with Crippen molar-refractivity contribution in [3.05, 3.63) is 23.1 Å². The van der Waals surface area contributed by atoms with E-state index in [4.69, 9.17) is 25.0 Å². The maximum absolute atomic E-state index is 10.4. The van der Waals surface area contributed by atoms with Crippen molar-refractivity contribution in [2.24, 2.45) is 0 Å². The Hall–Kier alpha value is -2.81. The zero-order chi connectivity index (χ0) is 23.3. The van der Waals surface area contributed by atoms with Gasteiger partial charge in [-0.1, -0.05) is 0 Å². The molecule has 34 heavy (non-hydrogen) atoms. The second-order valence-electron chi connectivity index (χ2n) is 10.5. The standard InChI is InChI=1S/C25H34N8O/c1-16-22(28-19-8-4-3-7-18(19)26-16)20-15-21-29-23(32-13-5-6-14-32)30-24(33(21)31-20)27-17-9-11-25(2,34)12-10-17/h15,17,34H,3-14H2,1-2H3,(H,27,29,30)/t17-,25-. The van der Waals surface area contributed by atoms with Gasteiger partial charge in [-0.25, -0.2) is 4.98 Å². The van der Waals surface area contributed by atoms with E-state index >= 15 is 0 Å². The molecule has 180 valence electrons. The molecule has 0 bridgehead atoms. The number of aryl methyl sites for hydroxylation is 3. The minimum Gasteiger partial charge on any atom is -0.390 e. The van der Waals surface area contributed by atoms with Crippen molar-refractivity contribution in [2.75, 3.05) is 23.3 Å². The van der Waals surface area contributed by atoms with Crippen LogP contribution in [-0.2, 0) is 12.8 Å². The van der Waals surface area contributed by atoms with Crippen LogP contribution in [0.4, 0.5) is 11.9 Å². The Morgan fingerprint density at radius 3 is 2.41 bits per heavy atom. The Balaban J connectivity index is 1.39. The summed E-state index contributed by atoms with van der Waals surface area (Å²) in [6.45, 7) is 5.92. The van der Waals surface area contributed by atoms with Gasteiger partial charge >= 0.3 is 0 Å². The van der Waals surface area contributed by atoms with Crippen molar-refractivity contribution in [2.45, 2.75) is 89.7 Å². The predicted molar refractivity (Wildman–Crippen MR) is 131 cm³/mol. The van der Waals surface area contributed by atoms with E-state index in [1.807, 2.05) is 24.4 Å². The van der Waals surface area contributed by atoms with Crippen molar-refractivity contribution < 1.29 is 5.11 Å². The van der Waals surface area contributed by atoms with Gasteiger partial charge in [0.15, 0.2) is 5.65 Å². The van der Waals surface area contributed by atoms with E-state index in [2.05, 4.69) is 10.2 Å². The lowest BCUT2D eigenvalue weighted by Crippen LogP contribution is -2.36. The number of fused-ring (bicyclic) bond motifs is 2. The fraction of sp³-hybridized carbons (Fsp3) is 0.640. The van der Waals surface area contributed by atoms with Gasteiger partial charge in [0.2, 0.25) is 11.9 Å². The van der Waals surface area contributed by atoms with Crippen molar-refractivity contribution in [1.29, 1.82) is 0 Å². The molecule has 0 radical (unpaired) electrons. The average Bonchev–Trinajstić information content (AvgIpc) is 3.50. The third-order valence-corrected chi connectivity index (χ3v) is 7.64. The lowest BCUT2D eigenvalue weighted by Gasteiger charge is -2.33. The molecule has 3 aliphatic rings. The molecule has 0 unspecified atom stereocenters. The number of nitrogens with zero attached hydrogens (tertiary/aromatic N) is 7. The Morgan fingerprint density at radius 1 is 0.971 bits per heavy atom. The van der Waals surface area contributed by atoms with Crippen molar-refractivity contribution in [3.8, 4) is 11.4 Å². The summed E-state index contributed by atoms with van der Waals surface area (Å²) in [5.41, 5.74) is 5.01. The van der Waals surface area contributed by atoms with Gasteiger partial charge in [-0.15, -0.1) is 0 Å². The van der Waals surface area contributed by atoms with Crippen LogP contribution in [0.25, 0.3) is 17.0 Å². The molecule has 1 saturated carbocycles. The number of aromatic nitrogens is 6. The molecule has 3 aromatic rings. The molecule has 2 N–H and O–H groups in total. The summed E-state index contributed by atoms with van der Waals surface area (Å²) in [4.78, 5) is 21.9. The second kappa shape index (κ2) is 8.45. The number of rotatable bonds is 4. The van der Waals surface area contributed by atoms with E-state index < -0.39 is 5.60 Å². The molecule has 9 nitrogen and oxygen atoms in total. The molecular weight excluding hydrogens is 428 g/mol. The van der Waals surface area contributed by atoms with Gasteiger partial charge in [0.25, 0.3) is 0 Å². The van der Waals surface area contributed by atoms with E-state index in [0.29, 0.717) is 5.95 Å². The zero-order valence-corrected chi connectivity index (χ0v) is 20.2. The number of aliphatic hydroxyl groups is 1. The van der Waals surface area contributed by atoms with Crippen molar-refractivity contribution in [3.63, 3.8) is 0 Å². The van der Waals surface area contributed by atoms with Crippen LogP contribution in [0.1, 0.15) is 75.4 Å². The first-order valence-electron chi connectivity index (χ1n) is 12.8. The third kappa shape index (κ3) is 4.10. The Morgan fingerprint density at radius 2 is 1.68 bits per heavy atom. The van der Waals surface area contributed by atoms with Crippen LogP contribution in [0.5, 0.6) is 0 Å². The molecule has 2 aliphatic carbocycles. The summed E-state index contributed by atoms with van der Waals surface area (Å²) in [7, 11) is 0. The highest BCUT2D eigenvalue weighted by Gasteiger charge is 2.30. The number of hydrogen-bond donors (Lipinski definition) is 2. The van der Waals surface area contributed by atoms with Gasteiger partial charge in [0, 0.05) is 25.2 Å². The van der Waals surface area contributed by atoms with Crippen molar-refractivity contribution >= 4 is 17.5 Å². The molecule has 3 aromatic heterocycles. The SMILES string of the molecule is Cc1nc2c(nc1-c1cc3nc(N4CCCC4)nc(N[C@H]4CC[C@](C)(O)CC4)n3n1)CCCC2. The van der Waals surface area contributed by atoms with E-state index in [1.165, 1.54) is 25.7 Å². The minimum atomic E-state index is -0.568. The van der Waals surface area contributed by atoms with Gasteiger partial charge in [0.05, 0.1) is 22.7 Å². The second-order valence-corrected chi connectivity index (χ2v) is 10.5. The molecule has 1 aliphatic heterocycles. The van der Waals surface area contributed by atoms with E-state index in [1.54, 1.807) is 0 Å². The van der Waals surface area contributed by atoms with Crippen LogP contribution in [0.3, 0.4) is 0 Å². The van der Waals surface area contributed by atoms with Gasteiger partial charge in [-0.05, 0) is 78.1 Å². The summed E-state index contributed by atoms with van der Waals surface area (Å²) >= 11 is 0.